The Labute approximate surface area is 175 Å². The van der Waals surface area contributed by atoms with E-state index < -0.39 is 0 Å². The van der Waals surface area contributed by atoms with Crippen LogP contribution in [0.3, 0.4) is 0 Å². The number of nitrogens with zero attached hydrogens (tertiary/aromatic N) is 2. The molecule has 9 heteroatoms. The Balaban J connectivity index is 1.94. The smallest absolute Gasteiger partial charge is 0.205 e. The number of methoxy groups -OCH3 is 2. The SMILES string of the molecule is COc1ccc(C(=O)c2sc3nc(N)c(C#N)c(-c4ccco4)c3c2N)cc1OC. The van der Waals surface area contributed by atoms with Crippen LogP contribution >= 0.6 is 11.3 Å². The van der Waals surface area contributed by atoms with Gasteiger partial charge >= 0.3 is 0 Å². The summed E-state index contributed by atoms with van der Waals surface area (Å²) in [7, 11) is 3.01. The maximum atomic E-state index is 13.2. The first-order valence-electron chi connectivity index (χ1n) is 8.72. The Morgan fingerprint density at radius 3 is 2.60 bits per heavy atom. The number of thiophene rings is 1. The summed E-state index contributed by atoms with van der Waals surface area (Å²) in [5.41, 5.74) is 13.5. The molecule has 0 aliphatic carbocycles. The first-order valence-corrected chi connectivity index (χ1v) is 9.53. The molecular weight excluding hydrogens is 404 g/mol. The Hall–Kier alpha value is -4.03. The molecule has 0 saturated carbocycles. The summed E-state index contributed by atoms with van der Waals surface area (Å²) in [5, 5.41) is 10.1. The number of ketones is 1. The van der Waals surface area contributed by atoms with Crippen LogP contribution in [0.1, 0.15) is 20.8 Å². The van der Waals surface area contributed by atoms with Gasteiger partial charge in [-0.05, 0) is 30.3 Å². The molecule has 0 unspecified atom stereocenters. The number of nitriles is 1. The monoisotopic (exact) mass is 420 g/mol. The summed E-state index contributed by atoms with van der Waals surface area (Å²) < 4.78 is 16.0. The molecule has 0 aliphatic heterocycles. The molecule has 0 aliphatic rings. The van der Waals surface area contributed by atoms with Crippen molar-refractivity contribution in [1.29, 1.82) is 5.26 Å². The number of nitrogens with two attached hydrogens (primary N) is 2. The van der Waals surface area contributed by atoms with Crippen molar-refractivity contribution in [2.24, 2.45) is 0 Å². The summed E-state index contributed by atoms with van der Waals surface area (Å²) in [4.78, 5) is 18.2. The summed E-state index contributed by atoms with van der Waals surface area (Å²) in [5.74, 6) is 1.09. The number of hydrogen-bond donors (Lipinski definition) is 2. The number of fused-ring (bicyclic) bond motifs is 1. The number of aromatic nitrogens is 1. The average molecular weight is 420 g/mol. The summed E-state index contributed by atoms with van der Waals surface area (Å²) >= 11 is 1.11. The lowest BCUT2D eigenvalue weighted by Gasteiger charge is -2.09. The predicted molar refractivity (Wildman–Crippen MR) is 114 cm³/mol. The maximum Gasteiger partial charge on any atom is 0.205 e. The molecule has 0 spiro atoms. The fourth-order valence-corrected chi connectivity index (χ4v) is 4.30. The normalized spacial score (nSPS) is 10.7. The van der Waals surface area contributed by atoms with Crippen molar-refractivity contribution in [2.45, 2.75) is 0 Å². The van der Waals surface area contributed by atoms with Gasteiger partial charge in [0.25, 0.3) is 0 Å². The highest BCUT2D eigenvalue weighted by Crippen LogP contribution is 2.43. The number of rotatable bonds is 5. The zero-order valence-electron chi connectivity index (χ0n) is 16.1. The van der Waals surface area contributed by atoms with E-state index in [4.69, 9.17) is 25.4 Å². The van der Waals surface area contributed by atoms with Crippen LogP contribution in [0.4, 0.5) is 11.5 Å². The average Bonchev–Trinajstić information content (AvgIpc) is 3.40. The lowest BCUT2D eigenvalue weighted by Crippen LogP contribution is -2.03. The van der Waals surface area contributed by atoms with Gasteiger partial charge in [-0.3, -0.25) is 4.79 Å². The second kappa shape index (κ2) is 7.42. The third kappa shape index (κ3) is 2.91. The van der Waals surface area contributed by atoms with Crippen LogP contribution in [0.15, 0.2) is 41.0 Å². The molecule has 0 bridgehead atoms. The fraction of sp³-hybridized carbons (Fsp3) is 0.0952. The number of carbonyl (C=O) groups is 1. The van der Waals surface area contributed by atoms with Crippen molar-refractivity contribution in [3.63, 3.8) is 0 Å². The van der Waals surface area contributed by atoms with E-state index in [2.05, 4.69) is 11.1 Å². The maximum absolute atomic E-state index is 13.2. The third-order valence-electron chi connectivity index (χ3n) is 4.64. The van der Waals surface area contributed by atoms with Crippen molar-refractivity contribution in [1.82, 2.24) is 4.98 Å². The second-order valence-corrected chi connectivity index (χ2v) is 7.26. The minimum absolute atomic E-state index is 0.0442. The van der Waals surface area contributed by atoms with E-state index in [1.165, 1.54) is 20.5 Å². The number of hydrogen-bond acceptors (Lipinski definition) is 9. The van der Waals surface area contributed by atoms with Crippen molar-refractivity contribution in [3.8, 4) is 28.9 Å². The number of pyridine rings is 1. The number of nitrogen functional groups attached to an aromatic ring is 2. The Kier molecular flexibility index (Phi) is 4.77. The zero-order valence-corrected chi connectivity index (χ0v) is 16.9. The van der Waals surface area contributed by atoms with Crippen molar-refractivity contribution in [2.75, 3.05) is 25.7 Å². The second-order valence-electron chi connectivity index (χ2n) is 6.26. The topological polar surface area (TPSA) is 137 Å². The fourth-order valence-electron chi connectivity index (χ4n) is 3.23. The van der Waals surface area contributed by atoms with Crippen LogP contribution in [0.25, 0.3) is 21.5 Å². The van der Waals surface area contributed by atoms with Gasteiger partial charge in [-0.1, -0.05) is 0 Å². The predicted octanol–water partition coefficient (Wildman–Crippen LogP) is 3.84. The van der Waals surface area contributed by atoms with E-state index in [1.807, 2.05) is 0 Å². The molecule has 0 radical (unpaired) electrons. The highest BCUT2D eigenvalue weighted by molar-refractivity contribution is 7.21. The number of anilines is 2. The molecule has 4 N–H and O–H groups in total. The van der Waals surface area contributed by atoms with Crippen LogP contribution in [0, 0.1) is 11.3 Å². The number of ether oxygens (including phenoxy) is 2. The molecule has 8 nitrogen and oxygen atoms in total. The van der Waals surface area contributed by atoms with Crippen molar-refractivity contribution >= 4 is 38.8 Å². The lowest BCUT2D eigenvalue weighted by atomic mass is 10.0. The standard InChI is InChI=1S/C21H16N4O4S/c1-27-12-6-5-10(8-14(12)28-2)18(26)19-17(23)16-15(13-4-3-7-29-13)11(9-22)20(24)25-21(16)30-19/h3-8H,23H2,1-2H3,(H2,24,25). The van der Waals surface area contributed by atoms with Gasteiger partial charge < -0.3 is 25.4 Å². The van der Waals surface area contributed by atoms with Crippen LogP contribution in [0.5, 0.6) is 11.5 Å². The third-order valence-corrected chi connectivity index (χ3v) is 5.73. The molecule has 0 fully saturated rings. The Morgan fingerprint density at radius 1 is 1.20 bits per heavy atom. The lowest BCUT2D eigenvalue weighted by molar-refractivity contribution is 0.104. The van der Waals surface area contributed by atoms with Crippen LogP contribution in [-0.2, 0) is 0 Å². The van der Waals surface area contributed by atoms with Crippen molar-refractivity contribution in [3.05, 3.63) is 52.6 Å². The van der Waals surface area contributed by atoms with E-state index in [1.54, 1.807) is 30.3 Å². The molecule has 150 valence electrons. The van der Waals surface area contributed by atoms with Crippen LogP contribution < -0.4 is 20.9 Å². The Morgan fingerprint density at radius 2 is 1.97 bits per heavy atom. The van der Waals surface area contributed by atoms with Gasteiger partial charge in [0, 0.05) is 10.9 Å². The quantitative estimate of drug-likeness (QED) is 0.465. The largest absolute Gasteiger partial charge is 0.493 e. The van der Waals surface area contributed by atoms with E-state index in [9.17, 15) is 10.1 Å². The molecule has 1 aromatic carbocycles. The zero-order chi connectivity index (χ0) is 21.4. The number of furan rings is 1. The summed E-state index contributed by atoms with van der Waals surface area (Å²) in [6, 6.07) is 10.3. The highest BCUT2D eigenvalue weighted by atomic mass is 32.1. The molecule has 3 heterocycles. The van der Waals surface area contributed by atoms with E-state index in [0.717, 1.165) is 11.3 Å². The minimum Gasteiger partial charge on any atom is -0.493 e. The number of benzene rings is 1. The van der Waals surface area contributed by atoms with E-state index in [-0.39, 0.29) is 27.7 Å². The molecule has 0 atom stereocenters. The summed E-state index contributed by atoms with van der Waals surface area (Å²) in [6.07, 6.45) is 1.48. The first-order chi connectivity index (χ1) is 14.5. The van der Waals surface area contributed by atoms with Gasteiger partial charge in [0.05, 0.1) is 31.7 Å². The first kappa shape index (κ1) is 19.3. The number of carbonyl (C=O) groups excluding carboxylic acids is 1. The van der Waals surface area contributed by atoms with Crippen LogP contribution in [-0.4, -0.2) is 25.0 Å². The van der Waals surface area contributed by atoms with Crippen molar-refractivity contribution < 1.29 is 18.7 Å². The minimum atomic E-state index is -0.307. The van der Waals surface area contributed by atoms with E-state index in [0.29, 0.717) is 38.6 Å². The van der Waals surface area contributed by atoms with Crippen LogP contribution in [0.2, 0.25) is 0 Å². The molecule has 4 rings (SSSR count). The van der Waals surface area contributed by atoms with Gasteiger partial charge in [0.1, 0.15) is 32.9 Å². The Bertz CT molecular complexity index is 1320. The summed E-state index contributed by atoms with van der Waals surface area (Å²) in [6.45, 7) is 0. The molecule has 4 aromatic rings. The van der Waals surface area contributed by atoms with E-state index >= 15 is 0 Å². The molecule has 0 saturated heterocycles. The van der Waals surface area contributed by atoms with Gasteiger partial charge in [0.2, 0.25) is 5.78 Å². The van der Waals surface area contributed by atoms with Gasteiger partial charge in [-0.25, -0.2) is 4.98 Å². The van der Waals surface area contributed by atoms with Gasteiger partial charge in [-0.2, -0.15) is 5.26 Å². The molecule has 3 aromatic heterocycles. The molecule has 0 amide bonds. The molecular formula is C21H16N4O4S. The van der Waals surface area contributed by atoms with Gasteiger partial charge in [-0.15, -0.1) is 11.3 Å². The van der Waals surface area contributed by atoms with Gasteiger partial charge in [0.15, 0.2) is 11.5 Å². The molecule has 30 heavy (non-hydrogen) atoms. The highest BCUT2D eigenvalue weighted by Gasteiger charge is 2.26.